The topological polar surface area (TPSA) is 52.0 Å². The maximum atomic E-state index is 13.5. The Hall–Kier alpha value is -1.58. The van der Waals surface area contributed by atoms with E-state index in [0.29, 0.717) is 26.1 Å². The number of piperidine rings is 1. The van der Waals surface area contributed by atoms with E-state index in [2.05, 4.69) is 10.0 Å². The van der Waals surface area contributed by atoms with Crippen LogP contribution >= 0.6 is 0 Å². The van der Waals surface area contributed by atoms with E-state index in [1.165, 1.54) is 0 Å². The van der Waals surface area contributed by atoms with Crippen LogP contribution in [0.3, 0.4) is 0 Å². The second-order valence-corrected chi connectivity index (χ2v) is 4.37. The molecule has 17 heavy (non-hydrogen) atoms. The highest BCUT2D eigenvalue weighted by Gasteiger charge is 2.26. The average molecular weight is 234 g/mol. The van der Waals surface area contributed by atoms with Crippen LogP contribution in [-0.2, 0) is 6.54 Å². The number of rotatable bonds is 3. The van der Waals surface area contributed by atoms with Gasteiger partial charge in [-0.25, -0.2) is 4.39 Å². The highest BCUT2D eigenvalue weighted by Crippen LogP contribution is 2.18. The van der Waals surface area contributed by atoms with Gasteiger partial charge in [0.25, 0.3) is 0 Å². The number of hydrogen-bond donors (Lipinski definition) is 0. The summed E-state index contributed by atoms with van der Waals surface area (Å²) < 4.78 is 13.5. The first kappa shape index (κ1) is 11.9. The lowest BCUT2D eigenvalue weighted by Crippen LogP contribution is -2.42. The smallest absolute Gasteiger partial charge is 0.113 e. The van der Waals surface area contributed by atoms with Crippen molar-refractivity contribution in [3.8, 4) is 0 Å². The molecule has 1 aromatic carbocycles. The molecule has 0 radical (unpaired) electrons. The van der Waals surface area contributed by atoms with Crippen molar-refractivity contribution in [1.29, 1.82) is 0 Å². The van der Waals surface area contributed by atoms with Crippen LogP contribution in [0.2, 0.25) is 0 Å². The third-order valence-corrected chi connectivity index (χ3v) is 2.92. The van der Waals surface area contributed by atoms with Gasteiger partial charge in [-0.05, 0) is 17.5 Å². The van der Waals surface area contributed by atoms with E-state index in [-0.39, 0.29) is 6.04 Å². The summed E-state index contributed by atoms with van der Waals surface area (Å²) in [7, 11) is 0. The Balaban J connectivity index is 1.98. The van der Waals surface area contributed by atoms with Crippen molar-refractivity contribution in [2.45, 2.75) is 25.2 Å². The predicted octanol–water partition coefficient (Wildman–Crippen LogP) is 2.91. The second-order valence-electron chi connectivity index (χ2n) is 4.37. The zero-order valence-electron chi connectivity index (χ0n) is 9.54. The van der Waals surface area contributed by atoms with Crippen LogP contribution in [0.5, 0.6) is 0 Å². The quantitative estimate of drug-likeness (QED) is 0.450. The zero-order valence-corrected chi connectivity index (χ0v) is 9.54. The van der Waals surface area contributed by atoms with Crippen molar-refractivity contribution in [2.75, 3.05) is 13.1 Å². The second kappa shape index (κ2) is 5.66. The molecule has 0 bridgehead atoms. The first-order chi connectivity index (χ1) is 8.28. The summed E-state index contributed by atoms with van der Waals surface area (Å²) in [6.45, 7) is 1.77. The molecule has 2 rings (SSSR count). The summed E-state index contributed by atoms with van der Waals surface area (Å²) in [5.41, 5.74) is 9.55. The van der Waals surface area contributed by atoms with E-state index < -0.39 is 6.17 Å². The molecule has 0 aliphatic carbocycles. The SMILES string of the molecule is [N-]=[N+]=N[C@@H]1C[C@@H](F)CN(Cc2ccccc2)C1. The average Bonchev–Trinajstić information content (AvgIpc) is 2.30. The molecule has 0 unspecified atom stereocenters. The maximum Gasteiger partial charge on any atom is 0.113 e. The summed E-state index contributed by atoms with van der Waals surface area (Å²) >= 11 is 0. The molecule has 0 aromatic heterocycles. The Morgan fingerprint density at radius 1 is 1.35 bits per heavy atom. The molecule has 90 valence electrons. The molecule has 1 aromatic rings. The van der Waals surface area contributed by atoms with Gasteiger partial charge in [0.2, 0.25) is 0 Å². The molecule has 5 heteroatoms. The molecule has 1 aliphatic rings. The van der Waals surface area contributed by atoms with Gasteiger partial charge in [-0.1, -0.05) is 35.4 Å². The van der Waals surface area contributed by atoms with E-state index in [9.17, 15) is 4.39 Å². The van der Waals surface area contributed by atoms with Gasteiger partial charge >= 0.3 is 0 Å². The van der Waals surface area contributed by atoms with Crippen molar-refractivity contribution >= 4 is 0 Å². The van der Waals surface area contributed by atoms with Crippen LogP contribution in [0, 0.1) is 0 Å². The van der Waals surface area contributed by atoms with Gasteiger partial charge in [-0.2, -0.15) is 0 Å². The minimum atomic E-state index is -0.900. The van der Waals surface area contributed by atoms with E-state index >= 15 is 0 Å². The molecule has 1 fully saturated rings. The minimum absolute atomic E-state index is 0.243. The van der Waals surface area contributed by atoms with E-state index in [1.54, 1.807) is 0 Å². The van der Waals surface area contributed by atoms with Crippen molar-refractivity contribution < 1.29 is 4.39 Å². The number of halogens is 1. The Labute approximate surface area is 99.7 Å². The summed E-state index contributed by atoms with van der Waals surface area (Å²) in [4.78, 5) is 4.77. The molecule has 4 nitrogen and oxygen atoms in total. The molecule has 1 aliphatic heterocycles. The number of nitrogens with zero attached hydrogens (tertiary/aromatic N) is 4. The van der Waals surface area contributed by atoms with Crippen LogP contribution in [0.15, 0.2) is 35.4 Å². The van der Waals surface area contributed by atoms with Crippen molar-refractivity contribution in [3.05, 3.63) is 46.3 Å². The lowest BCUT2D eigenvalue weighted by molar-refractivity contribution is 0.118. The number of azide groups is 1. The van der Waals surface area contributed by atoms with Gasteiger partial charge in [0.05, 0.1) is 6.04 Å². The lowest BCUT2D eigenvalue weighted by Gasteiger charge is -2.32. The molecule has 1 saturated heterocycles. The molecule has 2 atom stereocenters. The van der Waals surface area contributed by atoms with Crippen molar-refractivity contribution in [1.82, 2.24) is 4.90 Å². The molecular weight excluding hydrogens is 219 g/mol. The van der Waals surface area contributed by atoms with Gasteiger partial charge in [-0.15, -0.1) is 0 Å². The molecule has 0 saturated carbocycles. The van der Waals surface area contributed by atoms with Crippen LogP contribution in [-0.4, -0.2) is 30.2 Å². The zero-order chi connectivity index (χ0) is 12.1. The third-order valence-electron chi connectivity index (χ3n) is 2.92. The highest BCUT2D eigenvalue weighted by atomic mass is 19.1. The Bertz CT molecular complexity index is 402. The molecule has 0 spiro atoms. The third kappa shape index (κ3) is 3.44. The number of benzene rings is 1. The van der Waals surface area contributed by atoms with E-state index in [0.717, 1.165) is 5.56 Å². The van der Waals surface area contributed by atoms with Crippen LogP contribution in [0.4, 0.5) is 4.39 Å². The summed E-state index contributed by atoms with van der Waals surface area (Å²) in [5.74, 6) is 0. The lowest BCUT2D eigenvalue weighted by atomic mass is 10.0. The number of hydrogen-bond acceptors (Lipinski definition) is 2. The van der Waals surface area contributed by atoms with Crippen LogP contribution < -0.4 is 0 Å². The standard InChI is InChI=1S/C12H15FN4/c13-11-6-12(15-16-14)9-17(8-11)7-10-4-2-1-3-5-10/h1-5,11-12H,6-9H2/t11-,12-/m1/s1. The Kier molecular flexibility index (Phi) is 3.96. The van der Waals surface area contributed by atoms with Crippen molar-refractivity contribution in [3.63, 3.8) is 0 Å². The summed E-state index contributed by atoms with van der Waals surface area (Å²) in [6, 6.07) is 9.69. The predicted molar refractivity (Wildman–Crippen MR) is 64.2 cm³/mol. The van der Waals surface area contributed by atoms with Crippen LogP contribution in [0.1, 0.15) is 12.0 Å². The Morgan fingerprint density at radius 2 is 2.12 bits per heavy atom. The number of alkyl halides is 1. The molecular formula is C12H15FN4. The largest absolute Gasteiger partial charge is 0.296 e. The minimum Gasteiger partial charge on any atom is -0.296 e. The fourth-order valence-corrected chi connectivity index (χ4v) is 2.22. The van der Waals surface area contributed by atoms with Gasteiger partial charge in [0, 0.05) is 24.5 Å². The maximum absolute atomic E-state index is 13.5. The normalized spacial score (nSPS) is 25.2. The molecule has 0 amide bonds. The van der Waals surface area contributed by atoms with Crippen molar-refractivity contribution in [2.24, 2.45) is 5.11 Å². The highest BCUT2D eigenvalue weighted by molar-refractivity contribution is 5.14. The first-order valence-electron chi connectivity index (χ1n) is 5.72. The fraction of sp³-hybridized carbons (Fsp3) is 0.500. The van der Waals surface area contributed by atoms with Gasteiger partial charge in [0.1, 0.15) is 6.17 Å². The first-order valence-corrected chi connectivity index (χ1v) is 5.72. The summed E-state index contributed by atoms with van der Waals surface area (Å²) in [6.07, 6.45) is -0.557. The van der Waals surface area contributed by atoms with Gasteiger partial charge in [0.15, 0.2) is 0 Å². The number of likely N-dealkylation sites (tertiary alicyclic amines) is 1. The van der Waals surface area contributed by atoms with Gasteiger partial charge in [-0.3, -0.25) is 4.90 Å². The van der Waals surface area contributed by atoms with E-state index in [4.69, 9.17) is 5.53 Å². The van der Waals surface area contributed by atoms with Gasteiger partial charge < -0.3 is 0 Å². The molecule has 1 heterocycles. The fourth-order valence-electron chi connectivity index (χ4n) is 2.22. The summed E-state index contributed by atoms with van der Waals surface area (Å²) in [5, 5.41) is 3.62. The molecule has 0 N–H and O–H groups in total. The van der Waals surface area contributed by atoms with E-state index in [1.807, 2.05) is 35.2 Å². The monoisotopic (exact) mass is 234 g/mol. The van der Waals surface area contributed by atoms with Crippen LogP contribution in [0.25, 0.3) is 10.4 Å². The Morgan fingerprint density at radius 3 is 2.82 bits per heavy atom.